The Morgan fingerprint density at radius 2 is 1.90 bits per heavy atom. The summed E-state index contributed by atoms with van der Waals surface area (Å²) in [6, 6.07) is 15.1. The lowest BCUT2D eigenvalue weighted by molar-refractivity contribution is -0.116. The summed E-state index contributed by atoms with van der Waals surface area (Å²) in [7, 11) is 1.63. The maximum Gasteiger partial charge on any atom is 0.258 e. The van der Waals surface area contributed by atoms with Crippen molar-refractivity contribution in [1.29, 1.82) is 0 Å². The first-order chi connectivity index (χ1) is 15.2. The highest BCUT2D eigenvalue weighted by Gasteiger charge is 2.16. The van der Waals surface area contributed by atoms with Gasteiger partial charge in [-0.05, 0) is 55.0 Å². The molecule has 2 aromatic carbocycles. The lowest BCUT2D eigenvalue weighted by Gasteiger charge is -2.23. The summed E-state index contributed by atoms with van der Waals surface area (Å²) >= 11 is 0. The number of benzene rings is 2. The molecule has 0 aliphatic carbocycles. The molecule has 1 N–H and O–H groups in total. The normalized spacial score (nSPS) is 14.5. The molecule has 2 heterocycles. The molecular weight excluding hydrogens is 392 g/mol. The van der Waals surface area contributed by atoms with E-state index in [0.717, 1.165) is 42.8 Å². The van der Waals surface area contributed by atoms with Gasteiger partial charge in [-0.25, -0.2) is 0 Å². The number of aromatic nitrogens is 1. The Kier molecular flexibility index (Phi) is 6.67. The van der Waals surface area contributed by atoms with Crippen LogP contribution in [0.1, 0.15) is 24.8 Å². The molecule has 1 fully saturated rings. The molecule has 0 saturated carbocycles. The average molecular weight is 421 g/mol. The summed E-state index contributed by atoms with van der Waals surface area (Å²) in [5, 5.41) is 4.36. The number of ether oxygens (including phenoxy) is 2. The van der Waals surface area contributed by atoms with Gasteiger partial charge in [-0.3, -0.25) is 9.59 Å². The molecule has 0 atom stereocenters. The number of methoxy groups -OCH3 is 1. The third kappa shape index (κ3) is 4.97. The summed E-state index contributed by atoms with van der Waals surface area (Å²) < 4.78 is 12.6. The third-order valence-corrected chi connectivity index (χ3v) is 5.90. The van der Waals surface area contributed by atoms with Crippen molar-refractivity contribution in [2.24, 2.45) is 5.92 Å². The Morgan fingerprint density at radius 3 is 2.71 bits per heavy atom. The predicted octanol–water partition coefficient (Wildman–Crippen LogP) is 4.01. The van der Waals surface area contributed by atoms with Gasteiger partial charge in [-0.15, -0.1) is 0 Å². The van der Waals surface area contributed by atoms with Gasteiger partial charge in [0.15, 0.2) is 0 Å². The Labute approximate surface area is 181 Å². The van der Waals surface area contributed by atoms with E-state index in [9.17, 15) is 9.59 Å². The van der Waals surface area contributed by atoms with Crippen LogP contribution in [0.25, 0.3) is 10.8 Å². The van der Waals surface area contributed by atoms with Crippen LogP contribution in [-0.4, -0.2) is 30.8 Å². The van der Waals surface area contributed by atoms with E-state index in [2.05, 4.69) is 5.32 Å². The number of anilines is 1. The molecule has 1 aliphatic heterocycles. The van der Waals surface area contributed by atoms with Gasteiger partial charge in [0.1, 0.15) is 5.75 Å². The van der Waals surface area contributed by atoms with E-state index in [4.69, 9.17) is 9.47 Å². The second kappa shape index (κ2) is 9.79. The monoisotopic (exact) mass is 420 g/mol. The van der Waals surface area contributed by atoms with Crippen molar-refractivity contribution >= 4 is 22.4 Å². The average Bonchev–Trinajstić information content (AvgIpc) is 2.81. The zero-order valence-electron chi connectivity index (χ0n) is 17.8. The van der Waals surface area contributed by atoms with Crippen molar-refractivity contribution in [3.63, 3.8) is 0 Å². The third-order valence-electron chi connectivity index (χ3n) is 5.90. The molecule has 0 radical (unpaired) electrons. The zero-order chi connectivity index (χ0) is 21.6. The molecule has 162 valence electrons. The van der Waals surface area contributed by atoms with Crippen molar-refractivity contribution in [2.45, 2.75) is 32.2 Å². The molecule has 0 bridgehead atoms. The Hall–Kier alpha value is -3.12. The highest BCUT2D eigenvalue weighted by molar-refractivity contribution is 6.01. The number of nitrogens with one attached hydrogen (secondary N) is 1. The first kappa shape index (κ1) is 21.1. The van der Waals surface area contributed by atoms with Crippen LogP contribution in [0, 0.1) is 5.92 Å². The van der Waals surface area contributed by atoms with Crippen molar-refractivity contribution < 1.29 is 14.3 Å². The van der Waals surface area contributed by atoms with E-state index >= 15 is 0 Å². The van der Waals surface area contributed by atoms with Gasteiger partial charge in [0.25, 0.3) is 5.56 Å². The smallest absolute Gasteiger partial charge is 0.258 e. The van der Waals surface area contributed by atoms with Gasteiger partial charge in [0, 0.05) is 48.8 Å². The molecule has 1 aromatic heterocycles. The highest BCUT2D eigenvalue weighted by atomic mass is 16.5. The summed E-state index contributed by atoms with van der Waals surface area (Å²) in [6.45, 7) is 2.23. The van der Waals surface area contributed by atoms with Gasteiger partial charge in [-0.1, -0.05) is 24.3 Å². The fourth-order valence-corrected chi connectivity index (χ4v) is 4.15. The number of carbonyl (C=O) groups is 1. The van der Waals surface area contributed by atoms with Crippen molar-refractivity contribution in [1.82, 2.24) is 4.57 Å². The molecule has 6 nitrogen and oxygen atoms in total. The van der Waals surface area contributed by atoms with E-state index in [1.54, 1.807) is 11.7 Å². The molecule has 31 heavy (non-hydrogen) atoms. The number of para-hydroxylation sites is 1. The van der Waals surface area contributed by atoms with Crippen LogP contribution in [0.3, 0.4) is 0 Å². The minimum Gasteiger partial charge on any atom is -0.496 e. The van der Waals surface area contributed by atoms with Crippen LogP contribution < -0.4 is 15.6 Å². The van der Waals surface area contributed by atoms with E-state index in [1.165, 1.54) is 0 Å². The van der Waals surface area contributed by atoms with Gasteiger partial charge in [-0.2, -0.15) is 0 Å². The number of rotatable bonds is 7. The summed E-state index contributed by atoms with van der Waals surface area (Å²) in [5.74, 6) is 1.15. The molecule has 1 saturated heterocycles. The van der Waals surface area contributed by atoms with Gasteiger partial charge in [0.05, 0.1) is 7.11 Å². The highest BCUT2D eigenvalue weighted by Crippen LogP contribution is 2.23. The van der Waals surface area contributed by atoms with Crippen molar-refractivity contribution in [3.05, 3.63) is 70.6 Å². The standard InChI is InChI=1S/C25H28N2O4/c1-30-23-8-3-2-5-19(23)9-10-24(28)26-22-7-4-6-21-20(22)11-14-27(25(21)29)17-18-12-15-31-16-13-18/h2-8,11,14,18H,9-10,12-13,15-17H2,1H3,(H,26,28). The minimum absolute atomic E-state index is 0.0193. The van der Waals surface area contributed by atoms with Crippen molar-refractivity contribution in [2.75, 3.05) is 25.6 Å². The molecule has 6 heteroatoms. The van der Waals surface area contributed by atoms with Gasteiger partial charge in [0.2, 0.25) is 5.91 Å². The summed E-state index contributed by atoms with van der Waals surface area (Å²) in [4.78, 5) is 25.6. The lowest BCUT2D eigenvalue weighted by Crippen LogP contribution is -2.27. The predicted molar refractivity (Wildman–Crippen MR) is 122 cm³/mol. The first-order valence-corrected chi connectivity index (χ1v) is 10.8. The fourth-order valence-electron chi connectivity index (χ4n) is 4.15. The molecule has 3 aromatic rings. The van der Waals surface area contributed by atoms with Crippen LogP contribution in [0.5, 0.6) is 5.75 Å². The Bertz CT molecular complexity index is 1120. The van der Waals surface area contributed by atoms with E-state index in [-0.39, 0.29) is 11.5 Å². The molecular formula is C25H28N2O4. The van der Waals surface area contributed by atoms with Gasteiger partial charge >= 0.3 is 0 Å². The quantitative estimate of drug-likeness (QED) is 0.627. The van der Waals surface area contributed by atoms with Crippen LogP contribution in [0.2, 0.25) is 0 Å². The number of nitrogens with zero attached hydrogens (tertiary/aromatic N) is 1. The topological polar surface area (TPSA) is 69.6 Å². The van der Waals surface area contributed by atoms with E-state index < -0.39 is 0 Å². The molecule has 0 unspecified atom stereocenters. The van der Waals surface area contributed by atoms with Gasteiger partial charge < -0.3 is 19.4 Å². The Morgan fingerprint density at radius 1 is 1.10 bits per heavy atom. The molecule has 1 amide bonds. The number of amides is 1. The number of hydrogen-bond donors (Lipinski definition) is 1. The van der Waals surface area contributed by atoms with Crippen LogP contribution in [0.4, 0.5) is 5.69 Å². The summed E-state index contributed by atoms with van der Waals surface area (Å²) in [5.41, 5.74) is 1.64. The summed E-state index contributed by atoms with van der Waals surface area (Å²) in [6.07, 6.45) is 4.71. The van der Waals surface area contributed by atoms with Crippen LogP contribution >= 0.6 is 0 Å². The minimum atomic E-state index is -0.0928. The van der Waals surface area contributed by atoms with Crippen LogP contribution in [0.15, 0.2) is 59.5 Å². The SMILES string of the molecule is COc1ccccc1CCC(=O)Nc1cccc2c(=O)n(CC3CCOCC3)ccc12. The van der Waals surface area contributed by atoms with Crippen LogP contribution in [-0.2, 0) is 22.5 Å². The number of aryl methyl sites for hydroxylation is 1. The molecule has 0 spiro atoms. The maximum absolute atomic E-state index is 13.0. The van der Waals surface area contributed by atoms with E-state index in [1.807, 2.05) is 54.7 Å². The fraction of sp³-hybridized carbons (Fsp3) is 0.360. The zero-order valence-corrected chi connectivity index (χ0v) is 17.8. The number of carbonyl (C=O) groups excluding carboxylic acids is 1. The maximum atomic E-state index is 13.0. The number of fused-ring (bicyclic) bond motifs is 1. The largest absolute Gasteiger partial charge is 0.496 e. The molecule has 1 aliphatic rings. The Balaban J connectivity index is 1.48. The number of pyridine rings is 1. The van der Waals surface area contributed by atoms with Crippen molar-refractivity contribution in [3.8, 4) is 5.75 Å². The second-order valence-corrected chi connectivity index (χ2v) is 7.96. The number of hydrogen-bond acceptors (Lipinski definition) is 4. The lowest BCUT2D eigenvalue weighted by atomic mass is 10.00. The molecule has 4 rings (SSSR count). The van der Waals surface area contributed by atoms with E-state index in [0.29, 0.717) is 36.4 Å². The first-order valence-electron chi connectivity index (χ1n) is 10.8. The second-order valence-electron chi connectivity index (χ2n) is 7.96.